The van der Waals surface area contributed by atoms with E-state index in [0.717, 1.165) is 17.8 Å². The summed E-state index contributed by atoms with van der Waals surface area (Å²) in [7, 11) is 0. The number of aromatic nitrogens is 3. The minimum absolute atomic E-state index is 0.0119. The second-order valence-electron chi connectivity index (χ2n) is 8.95. The average Bonchev–Trinajstić information content (AvgIpc) is 3.32. The number of hydrogen-bond acceptors (Lipinski definition) is 5. The molecule has 0 radical (unpaired) electrons. The third-order valence-electron chi connectivity index (χ3n) is 6.05. The maximum atomic E-state index is 12.4. The van der Waals surface area contributed by atoms with Gasteiger partial charge in [-0.25, -0.2) is 0 Å². The van der Waals surface area contributed by atoms with Crippen molar-refractivity contribution in [2.24, 2.45) is 0 Å². The number of thioether (sulfide) groups is 1. The van der Waals surface area contributed by atoms with Gasteiger partial charge in [-0.3, -0.25) is 14.3 Å². The first-order valence-electron chi connectivity index (χ1n) is 11.8. The molecule has 174 valence electrons. The van der Waals surface area contributed by atoms with Crippen molar-refractivity contribution in [3.8, 4) is 5.69 Å². The number of carbonyl (C=O) groups excluding carboxylic acids is 1. The van der Waals surface area contributed by atoms with E-state index in [1.54, 1.807) is 6.33 Å². The number of rotatable bonds is 9. The third-order valence-corrected chi connectivity index (χ3v) is 7.00. The minimum atomic E-state index is -0.0119. The second kappa shape index (κ2) is 11.5. The largest absolute Gasteiger partial charge is 0.351 e. The molecule has 1 fully saturated rings. The van der Waals surface area contributed by atoms with Crippen LogP contribution in [-0.2, 0) is 17.9 Å². The zero-order valence-electron chi connectivity index (χ0n) is 19.5. The van der Waals surface area contributed by atoms with Gasteiger partial charge in [-0.05, 0) is 60.7 Å². The van der Waals surface area contributed by atoms with Gasteiger partial charge in [0.25, 0.3) is 0 Å². The standard InChI is InChI=1S/C26H33N5OS/c1-20(2)23-10-12-24(13-11-23)31-19-28-29-26(31)33-18-25(32)27-16-21-6-8-22(9-7-21)17-30-14-4-3-5-15-30/h6-13,19-20H,3-5,14-18H2,1-2H3,(H,27,32). The number of nitrogens with zero attached hydrogens (tertiary/aromatic N) is 4. The van der Waals surface area contributed by atoms with Gasteiger partial charge in [-0.15, -0.1) is 10.2 Å². The molecule has 0 spiro atoms. The molecule has 1 aliphatic heterocycles. The monoisotopic (exact) mass is 463 g/mol. The van der Waals surface area contributed by atoms with Crippen molar-refractivity contribution >= 4 is 17.7 Å². The summed E-state index contributed by atoms with van der Waals surface area (Å²) >= 11 is 1.40. The number of likely N-dealkylation sites (tertiary alicyclic amines) is 1. The maximum Gasteiger partial charge on any atom is 0.230 e. The average molecular weight is 464 g/mol. The SMILES string of the molecule is CC(C)c1ccc(-n2cnnc2SCC(=O)NCc2ccc(CN3CCCCC3)cc2)cc1. The molecule has 0 bridgehead atoms. The number of piperidine rings is 1. The Kier molecular flexibility index (Phi) is 8.18. The molecule has 1 saturated heterocycles. The molecule has 6 nitrogen and oxygen atoms in total. The highest BCUT2D eigenvalue weighted by Crippen LogP contribution is 2.22. The van der Waals surface area contributed by atoms with Crippen LogP contribution >= 0.6 is 11.8 Å². The lowest BCUT2D eigenvalue weighted by molar-refractivity contribution is -0.118. The van der Waals surface area contributed by atoms with Gasteiger partial charge < -0.3 is 5.32 Å². The van der Waals surface area contributed by atoms with Crippen LogP contribution in [0.25, 0.3) is 5.69 Å². The fourth-order valence-corrected chi connectivity index (χ4v) is 4.80. The van der Waals surface area contributed by atoms with Gasteiger partial charge >= 0.3 is 0 Å². The van der Waals surface area contributed by atoms with Gasteiger partial charge in [0.05, 0.1) is 5.75 Å². The summed E-state index contributed by atoms with van der Waals surface area (Å²) in [5.41, 5.74) is 4.74. The molecule has 3 aromatic rings. The quantitative estimate of drug-likeness (QED) is 0.463. The van der Waals surface area contributed by atoms with E-state index in [1.165, 1.54) is 55.2 Å². The zero-order valence-corrected chi connectivity index (χ0v) is 20.4. The molecule has 2 heterocycles. The molecule has 0 aliphatic carbocycles. The number of hydrogen-bond donors (Lipinski definition) is 1. The van der Waals surface area contributed by atoms with Crippen molar-refractivity contribution in [3.05, 3.63) is 71.5 Å². The summed E-state index contributed by atoms with van der Waals surface area (Å²) in [5.74, 6) is 0.779. The third kappa shape index (κ3) is 6.68. The summed E-state index contributed by atoms with van der Waals surface area (Å²) < 4.78 is 1.92. The van der Waals surface area contributed by atoms with Crippen LogP contribution in [0.5, 0.6) is 0 Å². The Bertz CT molecular complexity index is 1020. The van der Waals surface area contributed by atoms with E-state index in [0.29, 0.717) is 23.4 Å². The number of amides is 1. The first-order valence-corrected chi connectivity index (χ1v) is 12.8. The smallest absolute Gasteiger partial charge is 0.230 e. The van der Waals surface area contributed by atoms with Crippen molar-refractivity contribution in [1.29, 1.82) is 0 Å². The Morgan fingerprint density at radius 2 is 1.70 bits per heavy atom. The van der Waals surface area contributed by atoms with E-state index in [2.05, 4.69) is 82.8 Å². The van der Waals surface area contributed by atoms with Crippen LogP contribution in [0.15, 0.2) is 60.0 Å². The highest BCUT2D eigenvalue weighted by Gasteiger charge is 2.12. The first-order chi connectivity index (χ1) is 16.1. The Morgan fingerprint density at radius 1 is 1.00 bits per heavy atom. The molecule has 33 heavy (non-hydrogen) atoms. The Hall–Kier alpha value is -2.64. The summed E-state index contributed by atoms with van der Waals surface area (Å²) in [6.07, 6.45) is 5.67. The summed E-state index contributed by atoms with van der Waals surface area (Å²) in [4.78, 5) is 14.9. The van der Waals surface area contributed by atoms with E-state index in [9.17, 15) is 4.79 Å². The molecular weight excluding hydrogens is 430 g/mol. The van der Waals surface area contributed by atoms with E-state index in [-0.39, 0.29) is 5.91 Å². The summed E-state index contributed by atoms with van der Waals surface area (Å²) in [6, 6.07) is 17.0. The number of benzene rings is 2. The number of nitrogens with one attached hydrogen (secondary N) is 1. The molecule has 1 amide bonds. The van der Waals surface area contributed by atoms with Gasteiger partial charge in [0.15, 0.2) is 5.16 Å². The molecule has 1 N–H and O–H groups in total. The molecular formula is C26H33N5OS. The summed E-state index contributed by atoms with van der Waals surface area (Å²) in [6.45, 7) is 8.31. The first kappa shape index (κ1) is 23.5. The molecule has 4 rings (SSSR count). The Morgan fingerprint density at radius 3 is 2.39 bits per heavy atom. The van der Waals surface area contributed by atoms with Gasteiger partial charge in [0.2, 0.25) is 5.91 Å². The van der Waals surface area contributed by atoms with Crippen molar-refractivity contribution < 1.29 is 4.79 Å². The van der Waals surface area contributed by atoms with Crippen LogP contribution in [0.4, 0.5) is 0 Å². The van der Waals surface area contributed by atoms with Gasteiger partial charge in [0.1, 0.15) is 6.33 Å². The molecule has 0 saturated carbocycles. The molecule has 7 heteroatoms. The van der Waals surface area contributed by atoms with Gasteiger partial charge in [-0.2, -0.15) is 0 Å². The van der Waals surface area contributed by atoms with Crippen LogP contribution in [0, 0.1) is 0 Å². The zero-order chi connectivity index (χ0) is 23.0. The predicted octanol–water partition coefficient (Wildman–Crippen LogP) is 4.79. The molecule has 1 aromatic heterocycles. The highest BCUT2D eigenvalue weighted by atomic mass is 32.2. The van der Waals surface area contributed by atoms with Crippen LogP contribution in [0.1, 0.15) is 55.7 Å². The van der Waals surface area contributed by atoms with Crippen LogP contribution in [-0.4, -0.2) is 44.4 Å². The van der Waals surface area contributed by atoms with Crippen molar-refractivity contribution in [3.63, 3.8) is 0 Å². The van der Waals surface area contributed by atoms with E-state index < -0.39 is 0 Å². The lowest BCUT2D eigenvalue weighted by Crippen LogP contribution is -2.29. The van der Waals surface area contributed by atoms with Crippen molar-refractivity contribution in [2.45, 2.75) is 57.3 Å². The fourth-order valence-electron chi connectivity index (χ4n) is 4.04. The van der Waals surface area contributed by atoms with Crippen molar-refractivity contribution in [1.82, 2.24) is 25.0 Å². The fraction of sp³-hybridized carbons (Fsp3) is 0.423. The molecule has 0 atom stereocenters. The minimum Gasteiger partial charge on any atom is -0.351 e. The van der Waals surface area contributed by atoms with E-state index in [4.69, 9.17) is 0 Å². The number of carbonyl (C=O) groups is 1. The molecule has 2 aromatic carbocycles. The van der Waals surface area contributed by atoms with Crippen LogP contribution in [0.3, 0.4) is 0 Å². The topological polar surface area (TPSA) is 63.1 Å². The Balaban J connectivity index is 1.24. The molecule has 0 unspecified atom stereocenters. The van der Waals surface area contributed by atoms with Gasteiger partial charge in [0, 0.05) is 18.8 Å². The highest BCUT2D eigenvalue weighted by molar-refractivity contribution is 7.99. The van der Waals surface area contributed by atoms with Gasteiger partial charge in [-0.1, -0.05) is 68.4 Å². The van der Waals surface area contributed by atoms with Crippen molar-refractivity contribution in [2.75, 3.05) is 18.8 Å². The second-order valence-corrected chi connectivity index (χ2v) is 9.89. The predicted molar refractivity (Wildman–Crippen MR) is 134 cm³/mol. The van der Waals surface area contributed by atoms with Crippen LogP contribution < -0.4 is 5.32 Å². The normalized spacial score (nSPS) is 14.5. The molecule has 1 aliphatic rings. The summed E-state index contributed by atoms with van der Waals surface area (Å²) in [5, 5.41) is 12.0. The van der Waals surface area contributed by atoms with E-state index in [1.807, 2.05) is 4.57 Å². The van der Waals surface area contributed by atoms with E-state index >= 15 is 0 Å². The maximum absolute atomic E-state index is 12.4. The lowest BCUT2D eigenvalue weighted by Gasteiger charge is -2.26. The lowest BCUT2D eigenvalue weighted by atomic mass is 10.0. The Labute approximate surface area is 200 Å². The van der Waals surface area contributed by atoms with Crippen LogP contribution in [0.2, 0.25) is 0 Å².